The number of methoxy groups -OCH3 is 2. The fourth-order valence-corrected chi connectivity index (χ4v) is 14.6. The second-order valence-corrected chi connectivity index (χ2v) is 32.6. The van der Waals surface area contributed by atoms with Gasteiger partial charge in [-0.3, -0.25) is 49.8 Å². The Morgan fingerprint density at radius 1 is 0.247 bits per heavy atom. The van der Waals surface area contributed by atoms with Crippen molar-refractivity contribution in [1.29, 1.82) is 0 Å². The molecule has 0 spiro atoms. The first-order chi connectivity index (χ1) is 71.8. The minimum Gasteiger partial charge on any atom is -0.624 e. The molecular weight excluding hydrogens is 2400 g/mol. The van der Waals surface area contributed by atoms with E-state index >= 15 is 0 Å². The summed E-state index contributed by atoms with van der Waals surface area (Å²) in [5, 5.41) is 36.7. The number of hydroxylamine groups is 3. The van der Waals surface area contributed by atoms with Gasteiger partial charge in [0.25, 0.3) is 0 Å². The van der Waals surface area contributed by atoms with E-state index in [4.69, 9.17) is 9.47 Å². The van der Waals surface area contributed by atoms with E-state index in [0.29, 0.717) is 22.5 Å². The Morgan fingerprint density at radius 2 is 0.493 bits per heavy atom. The molecule has 10 aromatic carbocycles. The third kappa shape index (κ3) is 34.2. The molecule has 0 aliphatic carbocycles. The number of aryl methyl sites for hydroxylation is 3. The standard InChI is InChI=1S/2C17H12NO2.2C15H10N.3C13H13N3O.2C11H8N.3Ir/c2*1-20-17(19)14-11-16(12-7-3-2-4-8-12)18-15-10-6-5-9-13(14)15;2*1-2-6-12(7-3-1)15-11-10-13-8-4-5-9-14(13)16-15;3*1-10-3-5-14-12(7-10)13-8-11(4-6-15-13)9-16(2)17;2*1-2-6-10(7-3-1)11-8-4-5-9-12-11;;;/h2*2-7,9-11H,1H3;2*1-6,8-11H;3*3-9H,1-2H3;2*1-6,8-9H;;;/q4*-1;;;;2*-1;;;/b;;;;3*16-9-;;;;;. The maximum atomic E-state index is 12.0. The van der Waals surface area contributed by atoms with E-state index in [1.54, 1.807) is 79.9 Å². The fraction of sp³-hybridized carbons (Fsp3) is 0.0640. The van der Waals surface area contributed by atoms with Crippen LogP contribution in [-0.2, 0) is 69.8 Å². The van der Waals surface area contributed by atoms with Gasteiger partial charge in [-0.2, -0.15) is 0 Å². The Hall–Kier alpha value is -17.7. The summed E-state index contributed by atoms with van der Waals surface area (Å²) in [7, 11) is 7.11. The second kappa shape index (κ2) is 59.1. The fourth-order valence-electron chi connectivity index (χ4n) is 14.6. The number of para-hydroxylation sites is 4. The van der Waals surface area contributed by atoms with Gasteiger partial charge in [-0.05, 0) is 192 Å². The van der Waals surface area contributed by atoms with Gasteiger partial charge in [-0.15, -0.1) is 215 Å². The average molecular weight is 2500 g/mol. The number of hydrogen-bond donors (Lipinski definition) is 0. The molecule has 0 aliphatic rings. The van der Waals surface area contributed by atoms with Crippen LogP contribution in [0.25, 0.3) is 145 Å². The molecule has 0 N–H and O–H groups in total. The van der Waals surface area contributed by atoms with E-state index in [1.165, 1.54) is 64.8 Å². The van der Waals surface area contributed by atoms with Gasteiger partial charge in [-0.25, -0.2) is 23.8 Å². The summed E-state index contributed by atoms with van der Waals surface area (Å²) in [5.41, 5.74) is 26.4. The largest absolute Gasteiger partial charge is 0.624 e. The first-order valence-electron chi connectivity index (χ1n) is 46.6. The molecule has 22 rings (SSSR count). The van der Waals surface area contributed by atoms with Gasteiger partial charge >= 0.3 is 11.9 Å². The van der Waals surface area contributed by atoms with Gasteiger partial charge in [-0.1, -0.05) is 133 Å². The molecule has 0 fully saturated rings. The smallest absolute Gasteiger partial charge is 0.337 e. The SMILES string of the molecule is COC(=O)c1cc(-c2[c-]cccc2)nc2ccccc12.COC(=O)c1cc(-c2[c-]cccc2)nc2ccccc12.Cc1ccnc(-c2cc(/C=[N+](/C)[O-])ccn2)c1.Cc1ccnc(-c2cc(/C=[N+](/C)[O-])ccn2)c1.Cc1ccnc(-c2cc(/C=[N+](/C)[O-])ccn2)c1.[Ir].[Ir].[Ir].[c-]1ccccc1-c1ccc2ccccc2n1.[c-]1ccccc1-c1ccc2ccccc2n1.[c-]1ccccc1-c1ccccn1.[c-]1ccccc1-c1ccccn1. The monoisotopic (exact) mass is 2500 g/mol. The first-order valence-corrected chi connectivity index (χ1v) is 46.6. The van der Waals surface area contributed by atoms with Crippen molar-refractivity contribution in [1.82, 2.24) is 59.8 Å². The molecule has 3 radical (unpaired) electrons. The van der Waals surface area contributed by atoms with Crippen LogP contribution in [0.4, 0.5) is 0 Å². The maximum absolute atomic E-state index is 12.0. The van der Waals surface area contributed by atoms with Crippen molar-refractivity contribution in [3.63, 3.8) is 0 Å². The van der Waals surface area contributed by atoms with Gasteiger partial charge in [0.05, 0.1) is 81.6 Å². The molecule has 12 heterocycles. The zero-order valence-corrected chi connectivity index (χ0v) is 90.1. The molecule has 150 heavy (non-hydrogen) atoms. The Morgan fingerprint density at radius 3 is 0.767 bits per heavy atom. The molecule has 0 aliphatic heterocycles. The molecule has 0 atom stereocenters. The first kappa shape index (κ1) is 113. The predicted molar refractivity (Wildman–Crippen MR) is 585 cm³/mol. The molecule has 12 aromatic heterocycles. The average Bonchev–Trinajstić information content (AvgIpc) is 0.789. The van der Waals surface area contributed by atoms with Crippen LogP contribution in [0.1, 0.15) is 54.1 Å². The molecule has 22 aromatic rings. The van der Waals surface area contributed by atoms with Gasteiger partial charge in [0.2, 0.25) is 0 Å². The van der Waals surface area contributed by atoms with Crippen molar-refractivity contribution in [2.45, 2.75) is 20.8 Å². The number of aromatic nitrogens is 12. The van der Waals surface area contributed by atoms with E-state index in [0.717, 1.165) is 171 Å². The summed E-state index contributed by atoms with van der Waals surface area (Å²) in [6.07, 6.45) is 18.4. The Bertz CT molecular complexity index is 7520. The summed E-state index contributed by atoms with van der Waals surface area (Å²) >= 11 is 0. The van der Waals surface area contributed by atoms with Crippen molar-refractivity contribution < 1.29 is 93.6 Å². The number of benzene rings is 10. The van der Waals surface area contributed by atoms with Crippen molar-refractivity contribution in [2.24, 2.45) is 0 Å². The van der Waals surface area contributed by atoms with Crippen molar-refractivity contribution in [3.8, 4) is 102 Å². The van der Waals surface area contributed by atoms with Crippen LogP contribution in [0.2, 0.25) is 0 Å². The molecule has 0 saturated heterocycles. The predicted octanol–water partition coefficient (Wildman–Crippen LogP) is 25.5. The van der Waals surface area contributed by atoms with Crippen LogP contribution in [0, 0.1) is 72.8 Å². The van der Waals surface area contributed by atoms with Gasteiger partial charge in [0.1, 0.15) is 21.1 Å². The molecular formula is C125H99Ir3N15O7-6. The minimum atomic E-state index is -0.360. The number of carbonyl (C=O) groups is 2. The Labute approximate surface area is 912 Å². The number of hydrogen-bond acceptors (Lipinski definition) is 19. The summed E-state index contributed by atoms with van der Waals surface area (Å²) in [6, 6.07) is 143. The van der Waals surface area contributed by atoms with E-state index in [2.05, 4.69) is 120 Å². The molecule has 0 unspecified atom stereocenters. The number of ether oxygens (including phenoxy) is 2. The third-order valence-corrected chi connectivity index (χ3v) is 21.6. The van der Waals surface area contributed by atoms with E-state index in [-0.39, 0.29) is 72.3 Å². The van der Waals surface area contributed by atoms with Gasteiger partial charge in [0, 0.05) is 137 Å². The number of esters is 2. The van der Waals surface area contributed by atoms with Crippen LogP contribution < -0.4 is 0 Å². The van der Waals surface area contributed by atoms with E-state index < -0.39 is 0 Å². The summed E-state index contributed by atoms with van der Waals surface area (Å²) in [4.78, 5) is 76.3. The third-order valence-electron chi connectivity index (χ3n) is 21.6. The Balaban J connectivity index is 0.000000160. The quantitative estimate of drug-likeness (QED) is 0.0244. The normalized spacial score (nSPS) is 10.5. The molecule has 0 bridgehead atoms. The van der Waals surface area contributed by atoms with Gasteiger partial charge in [0.15, 0.2) is 18.6 Å². The number of pyridine rings is 12. The van der Waals surface area contributed by atoms with Crippen LogP contribution >= 0.6 is 0 Å². The molecule has 0 saturated carbocycles. The number of carbonyl (C=O) groups excluding carboxylic acids is 2. The molecule has 0 amide bonds. The molecule has 25 heteroatoms. The molecule has 749 valence electrons. The summed E-state index contributed by atoms with van der Waals surface area (Å²) in [6.45, 7) is 6.02. The Kier molecular flexibility index (Phi) is 44.4. The van der Waals surface area contributed by atoms with Gasteiger partial charge < -0.3 is 35.1 Å². The summed E-state index contributed by atoms with van der Waals surface area (Å²) < 4.78 is 12.0. The molecule has 22 nitrogen and oxygen atoms in total. The summed E-state index contributed by atoms with van der Waals surface area (Å²) in [5.74, 6) is -0.721. The van der Waals surface area contributed by atoms with Crippen LogP contribution in [0.3, 0.4) is 0 Å². The number of rotatable bonds is 14. The van der Waals surface area contributed by atoms with E-state index in [9.17, 15) is 25.2 Å². The van der Waals surface area contributed by atoms with Crippen LogP contribution in [-0.4, -0.2) is 140 Å². The number of nitrogens with zero attached hydrogens (tertiary/aromatic N) is 15. The van der Waals surface area contributed by atoms with Crippen molar-refractivity contribution in [3.05, 3.63) is 534 Å². The van der Waals surface area contributed by atoms with Crippen LogP contribution in [0.15, 0.2) is 438 Å². The van der Waals surface area contributed by atoms with Crippen molar-refractivity contribution in [2.75, 3.05) is 35.4 Å². The minimum absolute atomic E-state index is 0. The number of fused-ring (bicyclic) bond motifs is 4. The second-order valence-electron chi connectivity index (χ2n) is 32.6. The zero-order chi connectivity index (χ0) is 103. The topological polar surface area (TPSA) is 285 Å². The van der Waals surface area contributed by atoms with E-state index in [1.807, 2.05) is 354 Å². The van der Waals surface area contributed by atoms with Crippen LogP contribution in [0.5, 0.6) is 0 Å². The zero-order valence-electron chi connectivity index (χ0n) is 82.9. The van der Waals surface area contributed by atoms with Crippen molar-refractivity contribution >= 4 is 74.2 Å². The maximum Gasteiger partial charge on any atom is 0.337 e.